The van der Waals surface area contributed by atoms with E-state index in [1.54, 1.807) is 0 Å². The number of halogens is 1. The number of piperazine rings is 1. The van der Waals surface area contributed by atoms with E-state index in [0.29, 0.717) is 0 Å². The van der Waals surface area contributed by atoms with Crippen LogP contribution in [0.1, 0.15) is 24.5 Å². The minimum Gasteiger partial charge on any atom is -0.365 e. The fraction of sp³-hybridized carbons (Fsp3) is 0.476. The maximum atomic E-state index is 4.88. The lowest BCUT2D eigenvalue weighted by Gasteiger charge is -2.34. The van der Waals surface area contributed by atoms with Gasteiger partial charge in [0.15, 0.2) is 5.65 Å². The highest BCUT2D eigenvalue weighted by atomic mass is 35.5. The zero-order valence-corrected chi connectivity index (χ0v) is 18.2. The maximum absolute atomic E-state index is 4.88. The number of aromatic nitrogens is 4. The van der Waals surface area contributed by atoms with Gasteiger partial charge in [-0.25, -0.2) is 0 Å². The molecule has 3 aromatic rings. The normalized spacial score (nSPS) is 14.8. The second kappa shape index (κ2) is 9.41. The minimum atomic E-state index is 0. The molecule has 0 unspecified atom stereocenters. The third-order valence-corrected chi connectivity index (χ3v) is 5.32. The van der Waals surface area contributed by atoms with Crippen molar-refractivity contribution in [3.8, 4) is 0 Å². The van der Waals surface area contributed by atoms with Crippen LogP contribution in [0.4, 0.5) is 11.8 Å². The summed E-state index contributed by atoms with van der Waals surface area (Å²) in [7, 11) is 1.93. The number of hydrogen-bond acceptors (Lipinski definition) is 6. The molecule has 0 saturated carbocycles. The molecule has 0 bridgehead atoms. The quantitative estimate of drug-likeness (QED) is 0.666. The molecule has 0 radical (unpaired) electrons. The average Bonchev–Trinajstić information content (AvgIpc) is 3.08. The number of fused-ring (bicyclic) bond motifs is 1. The number of benzene rings is 1. The summed E-state index contributed by atoms with van der Waals surface area (Å²) in [4.78, 5) is 14.5. The van der Waals surface area contributed by atoms with Gasteiger partial charge in [0.1, 0.15) is 5.82 Å². The van der Waals surface area contributed by atoms with Gasteiger partial charge >= 0.3 is 0 Å². The predicted molar refractivity (Wildman–Crippen MR) is 121 cm³/mol. The van der Waals surface area contributed by atoms with Gasteiger partial charge in [0.2, 0.25) is 5.95 Å². The number of hydrogen-bond donors (Lipinski definition) is 1. The first-order chi connectivity index (χ1) is 13.6. The molecule has 1 N–H and O–H groups in total. The molecule has 1 aliphatic rings. The molecule has 156 valence electrons. The van der Waals surface area contributed by atoms with Crippen molar-refractivity contribution in [1.29, 1.82) is 0 Å². The molecular formula is C21H30ClN7. The SMILES string of the molecule is CCCN1CCN(c2nc(NCc3cccc(C)c3)c3cnn(C)c3n2)CC1.Cl. The van der Waals surface area contributed by atoms with Gasteiger partial charge in [-0.2, -0.15) is 15.1 Å². The third kappa shape index (κ3) is 4.79. The van der Waals surface area contributed by atoms with Gasteiger partial charge in [-0.1, -0.05) is 36.8 Å². The molecular weight excluding hydrogens is 386 g/mol. The lowest BCUT2D eigenvalue weighted by molar-refractivity contribution is 0.257. The van der Waals surface area contributed by atoms with Gasteiger partial charge in [0.05, 0.1) is 11.6 Å². The first-order valence-electron chi connectivity index (χ1n) is 10.1. The van der Waals surface area contributed by atoms with Crippen LogP contribution in [0.3, 0.4) is 0 Å². The van der Waals surface area contributed by atoms with Crippen LogP contribution in [0.5, 0.6) is 0 Å². The Labute approximate surface area is 178 Å². The van der Waals surface area contributed by atoms with Crippen LogP contribution in [-0.4, -0.2) is 57.4 Å². The first kappa shape index (κ1) is 21.3. The average molecular weight is 416 g/mol. The first-order valence-corrected chi connectivity index (χ1v) is 10.1. The van der Waals surface area contributed by atoms with E-state index < -0.39 is 0 Å². The van der Waals surface area contributed by atoms with E-state index >= 15 is 0 Å². The smallest absolute Gasteiger partial charge is 0.229 e. The summed E-state index contributed by atoms with van der Waals surface area (Å²) < 4.78 is 1.83. The molecule has 3 heterocycles. The lowest BCUT2D eigenvalue weighted by Crippen LogP contribution is -2.47. The Morgan fingerprint density at radius 2 is 1.90 bits per heavy atom. The van der Waals surface area contributed by atoms with E-state index in [1.807, 2.05) is 17.9 Å². The maximum Gasteiger partial charge on any atom is 0.229 e. The largest absolute Gasteiger partial charge is 0.365 e. The van der Waals surface area contributed by atoms with Gasteiger partial charge in [0, 0.05) is 39.8 Å². The van der Waals surface area contributed by atoms with Crippen LogP contribution in [0.15, 0.2) is 30.5 Å². The molecule has 2 aromatic heterocycles. The Morgan fingerprint density at radius 3 is 2.62 bits per heavy atom. The summed E-state index contributed by atoms with van der Waals surface area (Å²) in [6.07, 6.45) is 3.04. The molecule has 29 heavy (non-hydrogen) atoms. The highest BCUT2D eigenvalue weighted by molar-refractivity contribution is 5.87. The van der Waals surface area contributed by atoms with E-state index in [2.05, 4.69) is 58.3 Å². The molecule has 0 atom stereocenters. The summed E-state index contributed by atoms with van der Waals surface area (Å²) in [6.45, 7) is 10.3. The number of rotatable bonds is 6. The summed E-state index contributed by atoms with van der Waals surface area (Å²) in [6, 6.07) is 8.54. The second-order valence-corrected chi connectivity index (χ2v) is 7.55. The number of nitrogens with one attached hydrogen (secondary N) is 1. The van der Waals surface area contributed by atoms with E-state index in [4.69, 9.17) is 9.97 Å². The fourth-order valence-corrected chi connectivity index (χ4v) is 3.78. The Balaban J connectivity index is 0.00000240. The lowest BCUT2D eigenvalue weighted by atomic mass is 10.1. The Hall–Kier alpha value is -2.38. The van der Waals surface area contributed by atoms with Crippen LogP contribution in [0.2, 0.25) is 0 Å². The van der Waals surface area contributed by atoms with Crippen LogP contribution < -0.4 is 10.2 Å². The molecule has 0 aliphatic carbocycles. The summed E-state index contributed by atoms with van der Waals surface area (Å²) in [5.41, 5.74) is 3.37. The van der Waals surface area contributed by atoms with Gasteiger partial charge in [0.25, 0.3) is 0 Å². The Bertz CT molecular complexity index is 947. The molecule has 0 amide bonds. The van der Waals surface area contributed by atoms with Crippen LogP contribution >= 0.6 is 12.4 Å². The van der Waals surface area contributed by atoms with Gasteiger partial charge in [-0.15, -0.1) is 12.4 Å². The van der Waals surface area contributed by atoms with Crippen molar-refractivity contribution in [3.63, 3.8) is 0 Å². The highest BCUT2D eigenvalue weighted by Crippen LogP contribution is 2.24. The van der Waals surface area contributed by atoms with Crippen molar-refractivity contribution in [2.75, 3.05) is 42.9 Å². The molecule has 0 spiro atoms. The van der Waals surface area contributed by atoms with E-state index in [9.17, 15) is 0 Å². The predicted octanol–water partition coefficient (Wildman–Crippen LogP) is 3.24. The fourth-order valence-electron chi connectivity index (χ4n) is 3.78. The summed E-state index contributed by atoms with van der Waals surface area (Å²) >= 11 is 0. The number of anilines is 2. The third-order valence-electron chi connectivity index (χ3n) is 5.32. The molecule has 1 saturated heterocycles. The zero-order valence-electron chi connectivity index (χ0n) is 17.4. The molecule has 1 aliphatic heterocycles. The molecule has 1 fully saturated rings. The van der Waals surface area contributed by atoms with Crippen LogP contribution in [-0.2, 0) is 13.6 Å². The van der Waals surface area contributed by atoms with Crippen molar-refractivity contribution in [2.24, 2.45) is 7.05 Å². The monoisotopic (exact) mass is 415 g/mol. The standard InChI is InChI=1S/C21H29N7.ClH/c1-4-8-27-9-11-28(12-10-27)21-24-19(18-15-23-26(3)20(18)25-21)22-14-17-7-5-6-16(2)13-17;/h5-7,13,15H,4,8-12,14H2,1-3H3,(H,22,24,25);1H. The van der Waals surface area contributed by atoms with Gasteiger partial charge < -0.3 is 10.2 Å². The Morgan fingerprint density at radius 1 is 1.10 bits per heavy atom. The van der Waals surface area contributed by atoms with Gasteiger partial charge in [-0.05, 0) is 25.5 Å². The minimum absolute atomic E-state index is 0. The summed E-state index contributed by atoms with van der Waals surface area (Å²) in [5.74, 6) is 1.64. The van der Waals surface area contributed by atoms with Crippen molar-refractivity contribution in [3.05, 3.63) is 41.6 Å². The molecule has 1 aromatic carbocycles. The van der Waals surface area contributed by atoms with E-state index in [1.165, 1.54) is 24.1 Å². The van der Waals surface area contributed by atoms with Crippen molar-refractivity contribution in [2.45, 2.75) is 26.8 Å². The zero-order chi connectivity index (χ0) is 19.5. The van der Waals surface area contributed by atoms with E-state index in [-0.39, 0.29) is 12.4 Å². The highest BCUT2D eigenvalue weighted by Gasteiger charge is 2.21. The topological polar surface area (TPSA) is 62.1 Å². The van der Waals surface area contributed by atoms with Crippen molar-refractivity contribution < 1.29 is 0 Å². The Kier molecular flexibility index (Phi) is 6.92. The van der Waals surface area contributed by atoms with Crippen molar-refractivity contribution >= 4 is 35.2 Å². The molecule has 7 nitrogen and oxygen atoms in total. The second-order valence-electron chi connectivity index (χ2n) is 7.55. The van der Waals surface area contributed by atoms with Gasteiger partial charge in [-0.3, -0.25) is 9.58 Å². The number of nitrogens with zero attached hydrogens (tertiary/aromatic N) is 6. The number of aryl methyl sites for hydroxylation is 2. The van der Waals surface area contributed by atoms with Crippen molar-refractivity contribution in [1.82, 2.24) is 24.6 Å². The van der Waals surface area contributed by atoms with Crippen LogP contribution in [0.25, 0.3) is 11.0 Å². The molecule has 8 heteroatoms. The van der Waals surface area contributed by atoms with Crippen LogP contribution in [0, 0.1) is 6.92 Å². The summed E-state index contributed by atoms with van der Waals surface area (Å²) in [5, 5.41) is 8.87. The molecule has 4 rings (SSSR count). The van der Waals surface area contributed by atoms with E-state index in [0.717, 1.165) is 55.5 Å².